The number of ether oxygens (including phenoxy) is 2. The van der Waals surface area contributed by atoms with Crippen molar-refractivity contribution < 1.29 is 33.7 Å². The molecule has 0 spiro atoms. The zero-order valence-electron chi connectivity index (χ0n) is 26.3. The van der Waals surface area contributed by atoms with Crippen LogP contribution in [0, 0.1) is 20.2 Å². The molecule has 2 fully saturated rings. The van der Waals surface area contributed by atoms with Crippen molar-refractivity contribution in [2.45, 2.75) is 24.7 Å². The number of nitrogens with two attached hydrogens (primary N) is 2. The number of benzene rings is 2. The summed E-state index contributed by atoms with van der Waals surface area (Å²) in [6.07, 6.45) is 2.72. The highest BCUT2D eigenvalue weighted by Gasteiger charge is 2.32. The molecule has 2 amide bonds. The molecule has 0 bridgehead atoms. The van der Waals surface area contributed by atoms with Gasteiger partial charge in [-0.15, -0.1) is 0 Å². The number of carbonyl (C=O) groups excluding carboxylic acids is 3. The van der Waals surface area contributed by atoms with Crippen LogP contribution in [0.3, 0.4) is 0 Å². The summed E-state index contributed by atoms with van der Waals surface area (Å²) in [5, 5.41) is 23.3. The van der Waals surface area contributed by atoms with Gasteiger partial charge >= 0.3 is 6.16 Å². The molecule has 17 heteroatoms. The van der Waals surface area contributed by atoms with E-state index in [1.165, 1.54) is 48.8 Å². The highest BCUT2D eigenvalue weighted by atomic mass is 16.7. The Bertz CT molecular complexity index is 1850. The summed E-state index contributed by atoms with van der Waals surface area (Å²) in [7, 11) is 0. The van der Waals surface area contributed by atoms with Gasteiger partial charge in [-0.25, -0.2) is 14.8 Å². The Labute approximate surface area is 283 Å². The number of amides is 2. The van der Waals surface area contributed by atoms with Crippen LogP contribution in [-0.4, -0.2) is 64.0 Å². The van der Waals surface area contributed by atoms with E-state index in [1.54, 1.807) is 24.3 Å². The summed E-state index contributed by atoms with van der Waals surface area (Å²) in [4.78, 5) is 70.9. The van der Waals surface area contributed by atoms with Crippen LogP contribution in [0.15, 0.2) is 73.1 Å². The molecule has 2 unspecified atom stereocenters. The number of pyridine rings is 2. The maximum atomic E-state index is 13.3. The molecule has 2 aliphatic rings. The molecule has 4 N–H and O–H groups in total. The van der Waals surface area contributed by atoms with Gasteiger partial charge in [-0.2, -0.15) is 0 Å². The predicted octanol–water partition coefficient (Wildman–Crippen LogP) is 4.06. The second kappa shape index (κ2) is 13.8. The van der Waals surface area contributed by atoms with Gasteiger partial charge in [0.2, 0.25) is 11.8 Å². The number of rotatable bonds is 10. The molecule has 0 saturated carbocycles. The minimum absolute atomic E-state index is 0.0606. The minimum Gasteiger partial charge on any atom is -0.394 e. The summed E-state index contributed by atoms with van der Waals surface area (Å²) in [6, 6.07) is 14.3. The Morgan fingerprint density at radius 3 is 1.44 bits per heavy atom. The van der Waals surface area contributed by atoms with Crippen LogP contribution in [0.1, 0.15) is 56.5 Å². The number of nitrogens with zero attached hydrogens (tertiary/aromatic N) is 6. The van der Waals surface area contributed by atoms with Crippen LogP contribution >= 0.6 is 0 Å². The van der Waals surface area contributed by atoms with E-state index in [-0.39, 0.29) is 45.8 Å². The number of carbonyl (C=O) groups is 3. The first-order chi connectivity index (χ1) is 24.0. The molecular formula is C33H30N8O9. The van der Waals surface area contributed by atoms with Crippen molar-refractivity contribution in [3.63, 3.8) is 0 Å². The Morgan fingerprint density at radius 1 is 0.680 bits per heavy atom. The molecule has 2 saturated heterocycles. The SMILES string of the molecule is NC(=O)c1ccc(N2CCC(c3cc([N+](=O)[O-])ccc3OC(=O)Oc3ccc([N+](=O)[O-])cc3C3CCN(c4ccc(C(N)=O)cn4)C3)C2)nc1. The van der Waals surface area contributed by atoms with Crippen molar-refractivity contribution in [1.29, 1.82) is 0 Å². The van der Waals surface area contributed by atoms with Crippen molar-refractivity contribution in [2.24, 2.45) is 11.5 Å². The molecule has 2 atom stereocenters. The number of non-ortho nitro benzene ring substituents is 2. The Balaban J connectivity index is 1.21. The highest BCUT2D eigenvalue weighted by molar-refractivity contribution is 5.93. The summed E-state index contributed by atoms with van der Waals surface area (Å²) in [6.45, 7) is 1.85. The van der Waals surface area contributed by atoms with Gasteiger partial charge < -0.3 is 30.7 Å². The lowest BCUT2D eigenvalue weighted by atomic mass is 9.96. The zero-order valence-corrected chi connectivity index (χ0v) is 26.3. The number of hydrogen-bond acceptors (Lipinski definition) is 13. The number of nitro groups is 2. The average Bonchev–Trinajstić information content (AvgIpc) is 3.80. The molecule has 50 heavy (non-hydrogen) atoms. The van der Waals surface area contributed by atoms with Gasteiger partial charge in [0.1, 0.15) is 23.1 Å². The van der Waals surface area contributed by atoms with Crippen molar-refractivity contribution in [3.05, 3.63) is 116 Å². The largest absolute Gasteiger partial charge is 0.519 e. The Hall–Kier alpha value is -6.65. The van der Waals surface area contributed by atoms with Gasteiger partial charge in [-0.05, 0) is 49.2 Å². The van der Waals surface area contributed by atoms with E-state index in [4.69, 9.17) is 20.9 Å². The summed E-state index contributed by atoms with van der Waals surface area (Å²) in [5.74, 6) is -0.508. The van der Waals surface area contributed by atoms with Gasteiger partial charge in [-0.3, -0.25) is 29.8 Å². The fourth-order valence-electron chi connectivity index (χ4n) is 6.21. The molecule has 6 rings (SSSR count). The fourth-order valence-corrected chi connectivity index (χ4v) is 6.21. The van der Waals surface area contributed by atoms with E-state index in [1.807, 2.05) is 9.80 Å². The van der Waals surface area contributed by atoms with E-state index in [0.717, 1.165) is 0 Å². The van der Waals surface area contributed by atoms with E-state index >= 15 is 0 Å². The molecular weight excluding hydrogens is 652 g/mol. The van der Waals surface area contributed by atoms with Gasteiger partial charge in [0.15, 0.2) is 0 Å². The van der Waals surface area contributed by atoms with Gasteiger partial charge in [0.25, 0.3) is 11.4 Å². The lowest BCUT2D eigenvalue weighted by Gasteiger charge is -2.20. The maximum Gasteiger partial charge on any atom is 0.519 e. The molecule has 4 aromatic rings. The Kier molecular flexibility index (Phi) is 9.20. The summed E-state index contributed by atoms with van der Waals surface area (Å²) in [5.41, 5.74) is 11.6. The second-order valence-corrected chi connectivity index (χ2v) is 11.8. The van der Waals surface area contributed by atoms with Crippen molar-refractivity contribution in [2.75, 3.05) is 36.0 Å². The topological polar surface area (TPSA) is 240 Å². The highest BCUT2D eigenvalue weighted by Crippen LogP contribution is 2.39. The molecule has 17 nitrogen and oxygen atoms in total. The van der Waals surface area contributed by atoms with E-state index < -0.39 is 27.8 Å². The molecule has 2 aromatic carbocycles. The quantitative estimate of drug-likeness (QED) is 0.104. The van der Waals surface area contributed by atoms with E-state index in [2.05, 4.69) is 9.97 Å². The standard InChI is InChI=1S/C33H30N8O9/c34-31(42)19-1-7-29(36-15-19)38-11-9-21(17-38)25-13-23(40(45)46)3-5-27(25)49-33(44)50-28-6-4-24(41(47)48)14-26(28)22-10-12-39(18-22)30-8-2-20(16-37-30)32(35)43/h1-8,13-16,21-22H,9-12,17-18H2,(H2,34,42)(H2,35,43). The third-order valence-corrected chi connectivity index (χ3v) is 8.76. The third-order valence-electron chi connectivity index (χ3n) is 8.76. The second-order valence-electron chi connectivity index (χ2n) is 11.8. The van der Waals surface area contributed by atoms with Crippen LogP contribution in [0.2, 0.25) is 0 Å². The monoisotopic (exact) mass is 682 g/mol. The van der Waals surface area contributed by atoms with E-state index in [9.17, 15) is 34.6 Å². The van der Waals surface area contributed by atoms with E-state index in [0.29, 0.717) is 61.8 Å². The number of nitro benzene ring substituents is 2. The smallest absolute Gasteiger partial charge is 0.394 e. The maximum absolute atomic E-state index is 13.3. The van der Waals surface area contributed by atoms with Crippen molar-refractivity contribution in [3.8, 4) is 11.5 Å². The zero-order chi connectivity index (χ0) is 35.5. The molecule has 4 heterocycles. The lowest BCUT2D eigenvalue weighted by molar-refractivity contribution is -0.385. The molecule has 2 aromatic heterocycles. The molecule has 0 aliphatic carbocycles. The van der Waals surface area contributed by atoms with Crippen LogP contribution in [0.5, 0.6) is 11.5 Å². The normalized spacial score (nSPS) is 17.0. The molecule has 2 aliphatic heterocycles. The molecule has 0 radical (unpaired) electrons. The number of primary amides is 2. The summed E-state index contributed by atoms with van der Waals surface area (Å²) < 4.78 is 11.3. The van der Waals surface area contributed by atoms with Crippen molar-refractivity contribution >= 4 is 41.0 Å². The number of hydrogen-bond donors (Lipinski definition) is 2. The van der Waals surface area contributed by atoms with Gasteiger partial charge in [0.05, 0.1) is 21.0 Å². The third kappa shape index (κ3) is 7.10. The Morgan fingerprint density at radius 2 is 1.10 bits per heavy atom. The van der Waals surface area contributed by atoms with Crippen molar-refractivity contribution in [1.82, 2.24) is 9.97 Å². The van der Waals surface area contributed by atoms with Crippen LogP contribution in [0.4, 0.5) is 27.8 Å². The number of anilines is 2. The molecule has 256 valence electrons. The summed E-state index contributed by atoms with van der Waals surface area (Å²) >= 11 is 0. The first-order valence-corrected chi connectivity index (χ1v) is 15.4. The fraction of sp³-hybridized carbons (Fsp3) is 0.242. The van der Waals surface area contributed by atoms with Crippen LogP contribution < -0.4 is 30.7 Å². The van der Waals surface area contributed by atoms with Crippen LogP contribution in [0.25, 0.3) is 0 Å². The first-order valence-electron chi connectivity index (χ1n) is 15.4. The van der Waals surface area contributed by atoms with Crippen LogP contribution in [-0.2, 0) is 0 Å². The van der Waals surface area contributed by atoms with Gasteiger partial charge in [-0.1, -0.05) is 0 Å². The number of aromatic nitrogens is 2. The minimum atomic E-state index is -1.13. The average molecular weight is 683 g/mol. The first kappa shape index (κ1) is 33.3. The van der Waals surface area contributed by atoms with Gasteiger partial charge in [0, 0.05) is 85.8 Å². The predicted molar refractivity (Wildman–Crippen MR) is 177 cm³/mol. The lowest BCUT2D eigenvalue weighted by Crippen LogP contribution is -2.22.